The minimum Gasteiger partial charge on any atom is -0.296 e. The summed E-state index contributed by atoms with van der Waals surface area (Å²) in [4.78, 5) is 3.76. The molecule has 10 heavy (non-hydrogen) atoms. The second kappa shape index (κ2) is 5.00. The number of hydrogen-bond donors (Lipinski definition) is 0. The molecule has 0 N–H and O–H groups in total. The van der Waals surface area contributed by atoms with Gasteiger partial charge in [-0.1, -0.05) is 30.8 Å². The fraction of sp³-hybridized carbons (Fsp3) is 0.125. The van der Waals surface area contributed by atoms with E-state index in [4.69, 9.17) is 11.6 Å². The monoisotopic (exact) mass is 155 g/mol. The molecule has 2 heteroatoms. The Hall–Kier alpha value is -0.820. The van der Waals surface area contributed by atoms with Gasteiger partial charge in [-0.15, -0.1) is 0 Å². The van der Waals surface area contributed by atoms with Gasteiger partial charge in [0.2, 0.25) is 0 Å². The highest BCUT2D eigenvalue weighted by atomic mass is 35.5. The van der Waals surface area contributed by atoms with Gasteiger partial charge in [-0.3, -0.25) is 4.99 Å². The highest BCUT2D eigenvalue weighted by Gasteiger charge is 1.89. The van der Waals surface area contributed by atoms with Crippen molar-refractivity contribution in [2.75, 3.05) is 7.05 Å². The first-order valence-electron chi connectivity index (χ1n) is 2.82. The Balaban J connectivity index is 4.33. The SMILES string of the molecule is C=C/C(=C\C=NC)C(=C)Cl. The number of nitrogens with zero attached hydrogens (tertiary/aromatic N) is 1. The van der Waals surface area contributed by atoms with Gasteiger partial charge in [0.1, 0.15) is 0 Å². The lowest BCUT2D eigenvalue weighted by atomic mass is 10.2. The third-order valence-corrected chi connectivity index (χ3v) is 1.15. The van der Waals surface area contributed by atoms with Crippen LogP contribution in [0.5, 0.6) is 0 Å². The van der Waals surface area contributed by atoms with Crippen molar-refractivity contribution >= 4 is 17.8 Å². The smallest absolute Gasteiger partial charge is 0.0406 e. The predicted molar refractivity (Wildman–Crippen MR) is 47.7 cm³/mol. The van der Waals surface area contributed by atoms with Crippen LogP contribution < -0.4 is 0 Å². The van der Waals surface area contributed by atoms with Crippen molar-refractivity contribution in [3.05, 3.63) is 35.9 Å². The van der Waals surface area contributed by atoms with Crippen molar-refractivity contribution in [2.45, 2.75) is 0 Å². The Bertz CT molecular complexity index is 189. The van der Waals surface area contributed by atoms with Crippen LogP contribution in [-0.4, -0.2) is 13.3 Å². The summed E-state index contributed by atoms with van der Waals surface area (Å²) in [5.41, 5.74) is 0.798. The van der Waals surface area contributed by atoms with E-state index >= 15 is 0 Å². The molecule has 0 rings (SSSR count). The van der Waals surface area contributed by atoms with Gasteiger partial charge in [-0.2, -0.15) is 0 Å². The van der Waals surface area contributed by atoms with Crippen molar-refractivity contribution in [3.8, 4) is 0 Å². The molecule has 0 aromatic heterocycles. The molecular formula is C8H10ClN. The van der Waals surface area contributed by atoms with Gasteiger partial charge in [0, 0.05) is 18.3 Å². The lowest BCUT2D eigenvalue weighted by Gasteiger charge is -1.92. The fourth-order valence-corrected chi connectivity index (χ4v) is 0.564. The van der Waals surface area contributed by atoms with E-state index < -0.39 is 0 Å². The third-order valence-electron chi connectivity index (χ3n) is 0.936. The molecule has 0 aliphatic carbocycles. The topological polar surface area (TPSA) is 12.4 Å². The molecule has 0 aliphatic rings. The first-order valence-corrected chi connectivity index (χ1v) is 3.19. The molecule has 0 bridgehead atoms. The van der Waals surface area contributed by atoms with Crippen LogP contribution in [0.4, 0.5) is 0 Å². The van der Waals surface area contributed by atoms with Crippen LogP contribution in [0.25, 0.3) is 0 Å². The Morgan fingerprint density at radius 3 is 2.50 bits per heavy atom. The Labute approximate surface area is 66.4 Å². The zero-order valence-corrected chi connectivity index (χ0v) is 6.73. The van der Waals surface area contributed by atoms with Gasteiger partial charge in [0.25, 0.3) is 0 Å². The summed E-state index contributed by atoms with van der Waals surface area (Å²) in [6.07, 6.45) is 5.03. The second-order valence-corrected chi connectivity index (χ2v) is 2.09. The summed E-state index contributed by atoms with van der Waals surface area (Å²) in [5, 5.41) is 0.481. The molecule has 0 aliphatic heterocycles. The van der Waals surface area contributed by atoms with Gasteiger partial charge in [0.05, 0.1) is 0 Å². The predicted octanol–water partition coefficient (Wildman–Crippen LogP) is 2.55. The van der Waals surface area contributed by atoms with Gasteiger partial charge in [0.15, 0.2) is 0 Å². The first kappa shape index (κ1) is 9.18. The van der Waals surface area contributed by atoms with Crippen LogP contribution in [0, 0.1) is 0 Å². The van der Waals surface area contributed by atoms with Crippen molar-refractivity contribution in [2.24, 2.45) is 4.99 Å². The van der Waals surface area contributed by atoms with E-state index in [0.29, 0.717) is 5.03 Å². The van der Waals surface area contributed by atoms with Crippen LogP contribution in [0.2, 0.25) is 0 Å². The quantitative estimate of drug-likeness (QED) is 0.439. The van der Waals surface area contributed by atoms with E-state index in [2.05, 4.69) is 18.2 Å². The molecule has 54 valence electrons. The normalized spacial score (nSPS) is 12.0. The van der Waals surface area contributed by atoms with Crippen molar-refractivity contribution in [1.82, 2.24) is 0 Å². The number of rotatable bonds is 3. The molecule has 1 nitrogen and oxygen atoms in total. The van der Waals surface area contributed by atoms with Crippen LogP contribution in [0.1, 0.15) is 0 Å². The first-order chi connectivity index (χ1) is 4.72. The molecule has 0 aromatic carbocycles. The lowest BCUT2D eigenvalue weighted by Crippen LogP contribution is -1.76. The van der Waals surface area contributed by atoms with E-state index in [1.807, 2.05) is 0 Å². The van der Waals surface area contributed by atoms with Crippen LogP contribution in [0.15, 0.2) is 40.9 Å². The minimum absolute atomic E-state index is 0.481. The number of halogens is 1. The maximum Gasteiger partial charge on any atom is 0.0406 e. The molecule has 0 saturated heterocycles. The molecule has 0 spiro atoms. The lowest BCUT2D eigenvalue weighted by molar-refractivity contribution is 1.47. The number of allylic oxidation sites excluding steroid dienone is 4. The van der Waals surface area contributed by atoms with E-state index in [-0.39, 0.29) is 0 Å². The largest absolute Gasteiger partial charge is 0.296 e. The van der Waals surface area contributed by atoms with E-state index in [0.717, 1.165) is 5.57 Å². The highest BCUT2D eigenvalue weighted by Crippen LogP contribution is 2.11. The van der Waals surface area contributed by atoms with Crippen LogP contribution >= 0.6 is 11.6 Å². The molecule has 0 aromatic rings. The van der Waals surface area contributed by atoms with Gasteiger partial charge >= 0.3 is 0 Å². The Kier molecular flexibility index (Phi) is 4.59. The zero-order chi connectivity index (χ0) is 7.98. The summed E-state index contributed by atoms with van der Waals surface area (Å²) in [6, 6.07) is 0. The molecular weight excluding hydrogens is 146 g/mol. The average molecular weight is 156 g/mol. The molecule has 0 unspecified atom stereocenters. The standard InChI is InChI=1S/C8H10ClN/c1-4-8(7(2)9)5-6-10-3/h4-6H,1-2H2,3H3/b8-5+,10-6?. The molecule has 0 radical (unpaired) electrons. The minimum atomic E-state index is 0.481. The van der Waals surface area contributed by atoms with Gasteiger partial charge in [-0.05, 0) is 11.6 Å². The number of aliphatic imine (C=N–C) groups is 1. The van der Waals surface area contributed by atoms with Crippen molar-refractivity contribution in [1.29, 1.82) is 0 Å². The Morgan fingerprint density at radius 1 is 1.60 bits per heavy atom. The summed E-state index contributed by atoms with van der Waals surface area (Å²) >= 11 is 5.58. The van der Waals surface area contributed by atoms with Crippen molar-refractivity contribution in [3.63, 3.8) is 0 Å². The van der Waals surface area contributed by atoms with Crippen LogP contribution in [0.3, 0.4) is 0 Å². The van der Waals surface area contributed by atoms with Crippen molar-refractivity contribution < 1.29 is 0 Å². The summed E-state index contributed by atoms with van der Waals surface area (Å²) in [6.45, 7) is 7.10. The molecule has 0 heterocycles. The maximum absolute atomic E-state index is 5.58. The van der Waals surface area contributed by atoms with E-state index in [1.165, 1.54) is 0 Å². The van der Waals surface area contributed by atoms with E-state index in [1.54, 1.807) is 25.4 Å². The molecule has 0 atom stereocenters. The van der Waals surface area contributed by atoms with Crippen LogP contribution in [-0.2, 0) is 0 Å². The highest BCUT2D eigenvalue weighted by molar-refractivity contribution is 6.32. The molecule has 0 fully saturated rings. The maximum atomic E-state index is 5.58. The van der Waals surface area contributed by atoms with Gasteiger partial charge in [-0.25, -0.2) is 0 Å². The molecule has 0 saturated carbocycles. The summed E-state index contributed by atoms with van der Waals surface area (Å²) in [5.74, 6) is 0. The fourth-order valence-electron chi connectivity index (χ4n) is 0.424. The number of hydrogen-bond acceptors (Lipinski definition) is 1. The average Bonchev–Trinajstić information content (AvgIpc) is 1.89. The summed E-state index contributed by atoms with van der Waals surface area (Å²) in [7, 11) is 1.69. The third kappa shape index (κ3) is 3.25. The molecule has 0 amide bonds. The second-order valence-electron chi connectivity index (χ2n) is 1.64. The zero-order valence-electron chi connectivity index (χ0n) is 5.97. The van der Waals surface area contributed by atoms with E-state index in [9.17, 15) is 0 Å². The van der Waals surface area contributed by atoms with Gasteiger partial charge < -0.3 is 0 Å². The Morgan fingerprint density at radius 2 is 2.20 bits per heavy atom. The summed E-state index contributed by atoms with van der Waals surface area (Å²) < 4.78 is 0.